The molecule has 1 atom stereocenters. The first-order chi connectivity index (χ1) is 8.86. The Morgan fingerprint density at radius 1 is 1.21 bits per heavy atom. The Morgan fingerprint density at radius 2 is 1.89 bits per heavy atom. The monoisotopic (exact) mass is 259 g/mol. The van der Waals surface area contributed by atoms with Crippen LogP contribution in [-0.4, -0.2) is 7.05 Å². The summed E-state index contributed by atoms with van der Waals surface area (Å²) in [6, 6.07) is 6.95. The van der Waals surface area contributed by atoms with Gasteiger partial charge in [-0.3, -0.25) is 0 Å². The van der Waals surface area contributed by atoms with Crippen molar-refractivity contribution in [3.8, 4) is 0 Å². The van der Waals surface area contributed by atoms with Gasteiger partial charge in [0.05, 0.1) is 6.04 Å². The molecule has 0 aliphatic carbocycles. The molecule has 0 fully saturated rings. The first kappa shape index (κ1) is 14.1. The highest BCUT2D eigenvalue weighted by Crippen LogP contribution is 2.34. The van der Waals surface area contributed by atoms with Crippen LogP contribution in [0.5, 0.6) is 0 Å². The van der Waals surface area contributed by atoms with E-state index in [1.165, 1.54) is 16.5 Å². The van der Waals surface area contributed by atoms with E-state index in [0.29, 0.717) is 0 Å². The van der Waals surface area contributed by atoms with Crippen molar-refractivity contribution in [3.05, 3.63) is 35.1 Å². The van der Waals surface area contributed by atoms with E-state index in [4.69, 9.17) is 4.42 Å². The third-order valence-electron chi connectivity index (χ3n) is 3.77. The lowest BCUT2D eigenvalue weighted by molar-refractivity contribution is 0.467. The maximum atomic E-state index is 6.12. The second-order valence-corrected chi connectivity index (χ2v) is 6.32. The maximum absolute atomic E-state index is 6.12. The third kappa shape index (κ3) is 2.69. The largest absolute Gasteiger partial charge is 0.459 e. The second kappa shape index (κ2) is 5.01. The topological polar surface area (TPSA) is 25.2 Å². The molecule has 104 valence electrons. The molecule has 0 saturated carbocycles. The number of nitrogens with one attached hydrogen (secondary N) is 1. The summed E-state index contributed by atoms with van der Waals surface area (Å²) >= 11 is 0. The lowest BCUT2D eigenvalue weighted by Crippen LogP contribution is -2.12. The van der Waals surface area contributed by atoms with Gasteiger partial charge in [0, 0.05) is 10.9 Å². The Labute approximate surface area is 116 Å². The molecule has 0 aliphatic heterocycles. The molecule has 2 rings (SSSR count). The molecule has 1 aromatic heterocycles. The number of fused-ring (bicyclic) bond motifs is 1. The standard InChI is InChI=1S/C17H25NO/c1-7-12-8-13-10-15(11(2)18-6)19-16(13)14(9-12)17(3,4)5/h8-11,18H,7H2,1-6H3. The van der Waals surface area contributed by atoms with Crippen LogP contribution in [-0.2, 0) is 11.8 Å². The smallest absolute Gasteiger partial charge is 0.138 e. The van der Waals surface area contributed by atoms with Crippen LogP contribution in [0.1, 0.15) is 57.5 Å². The zero-order valence-electron chi connectivity index (χ0n) is 12.9. The molecule has 1 heterocycles. The SMILES string of the molecule is CCc1cc(C(C)(C)C)c2oc(C(C)NC)cc2c1. The molecule has 1 N–H and O–H groups in total. The van der Waals surface area contributed by atoms with E-state index in [1.807, 2.05) is 7.05 Å². The molecule has 0 amide bonds. The van der Waals surface area contributed by atoms with Gasteiger partial charge in [-0.05, 0) is 43.5 Å². The van der Waals surface area contributed by atoms with Crippen molar-refractivity contribution < 1.29 is 4.42 Å². The fourth-order valence-electron chi connectivity index (χ4n) is 2.35. The highest BCUT2D eigenvalue weighted by molar-refractivity contribution is 5.83. The molecular formula is C17H25NO. The van der Waals surface area contributed by atoms with Gasteiger partial charge < -0.3 is 9.73 Å². The zero-order valence-corrected chi connectivity index (χ0v) is 12.9. The minimum atomic E-state index is 0.0986. The van der Waals surface area contributed by atoms with E-state index in [1.54, 1.807) is 0 Å². The summed E-state index contributed by atoms with van der Waals surface area (Å²) in [6.07, 6.45) is 1.06. The zero-order chi connectivity index (χ0) is 14.2. The molecule has 1 unspecified atom stereocenters. The molecular weight excluding hydrogens is 234 g/mol. The first-order valence-electron chi connectivity index (χ1n) is 7.11. The van der Waals surface area contributed by atoms with Gasteiger partial charge in [-0.1, -0.05) is 33.8 Å². The van der Waals surface area contributed by atoms with Gasteiger partial charge in [0.15, 0.2) is 0 Å². The van der Waals surface area contributed by atoms with Crippen molar-refractivity contribution in [3.63, 3.8) is 0 Å². The third-order valence-corrected chi connectivity index (χ3v) is 3.77. The Balaban J connectivity index is 2.68. The molecule has 2 heteroatoms. The number of aryl methyl sites for hydroxylation is 1. The van der Waals surface area contributed by atoms with Crippen LogP contribution in [0, 0.1) is 0 Å². The Bertz CT molecular complexity index is 575. The first-order valence-corrected chi connectivity index (χ1v) is 7.11. The maximum Gasteiger partial charge on any atom is 0.138 e. The molecule has 0 saturated heterocycles. The number of hydrogen-bond donors (Lipinski definition) is 1. The Kier molecular flexibility index (Phi) is 3.73. The lowest BCUT2D eigenvalue weighted by Gasteiger charge is -2.20. The van der Waals surface area contributed by atoms with Crippen LogP contribution >= 0.6 is 0 Å². The number of rotatable bonds is 3. The Hall–Kier alpha value is -1.28. The summed E-state index contributed by atoms with van der Waals surface area (Å²) in [5.74, 6) is 1.01. The van der Waals surface area contributed by atoms with Crippen LogP contribution in [0.25, 0.3) is 11.0 Å². The van der Waals surface area contributed by atoms with Crippen molar-refractivity contribution >= 4 is 11.0 Å². The summed E-state index contributed by atoms with van der Waals surface area (Å²) < 4.78 is 6.12. The van der Waals surface area contributed by atoms with Crippen molar-refractivity contribution in [1.29, 1.82) is 0 Å². The summed E-state index contributed by atoms with van der Waals surface area (Å²) in [4.78, 5) is 0. The van der Waals surface area contributed by atoms with Gasteiger partial charge in [0.2, 0.25) is 0 Å². The average molecular weight is 259 g/mol. The van der Waals surface area contributed by atoms with Crippen molar-refractivity contribution in [2.75, 3.05) is 7.05 Å². The van der Waals surface area contributed by atoms with E-state index in [2.05, 4.69) is 58.1 Å². The molecule has 2 aromatic rings. The Morgan fingerprint density at radius 3 is 2.42 bits per heavy atom. The van der Waals surface area contributed by atoms with E-state index in [-0.39, 0.29) is 11.5 Å². The molecule has 0 bridgehead atoms. The van der Waals surface area contributed by atoms with Gasteiger partial charge in [-0.2, -0.15) is 0 Å². The number of furan rings is 1. The van der Waals surface area contributed by atoms with Gasteiger partial charge in [0.25, 0.3) is 0 Å². The van der Waals surface area contributed by atoms with E-state index >= 15 is 0 Å². The van der Waals surface area contributed by atoms with Crippen LogP contribution in [0.3, 0.4) is 0 Å². The quantitative estimate of drug-likeness (QED) is 0.873. The van der Waals surface area contributed by atoms with Gasteiger partial charge in [-0.15, -0.1) is 0 Å². The van der Waals surface area contributed by atoms with Gasteiger partial charge in [-0.25, -0.2) is 0 Å². The van der Waals surface area contributed by atoms with E-state index in [9.17, 15) is 0 Å². The fraction of sp³-hybridized carbons (Fsp3) is 0.529. The van der Waals surface area contributed by atoms with Crippen LogP contribution in [0.15, 0.2) is 22.6 Å². The highest BCUT2D eigenvalue weighted by atomic mass is 16.3. The highest BCUT2D eigenvalue weighted by Gasteiger charge is 2.21. The average Bonchev–Trinajstić information content (AvgIpc) is 2.78. The predicted octanol–water partition coefficient (Wildman–Crippen LogP) is 4.57. The van der Waals surface area contributed by atoms with Crippen LogP contribution < -0.4 is 5.32 Å². The lowest BCUT2D eigenvalue weighted by atomic mass is 9.85. The fourth-order valence-corrected chi connectivity index (χ4v) is 2.35. The van der Waals surface area contributed by atoms with Crippen LogP contribution in [0.4, 0.5) is 0 Å². The van der Waals surface area contributed by atoms with E-state index < -0.39 is 0 Å². The minimum absolute atomic E-state index is 0.0986. The predicted molar refractivity (Wildman–Crippen MR) is 81.8 cm³/mol. The molecule has 0 spiro atoms. The molecule has 1 aromatic carbocycles. The summed E-state index contributed by atoms with van der Waals surface area (Å²) in [7, 11) is 1.96. The van der Waals surface area contributed by atoms with Crippen molar-refractivity contribution in [2.45, 2.75) is 52.5 Å². The summed E-state index contributed by atoms with van der Waals surface area (Å²) in [5.41, 5.74) is 3.82. The minimum Gasteiger partial charge on any atom is -0.459 e. The molecule has 0 radical (unpaired) electrons. The normalized spacial score (nSPS) is 14.0. The molecule has 2 nitrogen and oxygen atoms in total. The second-order valence-electron chi connectivity index (χ2n) is 6.32. The van der Waals surface area contributed by atoms with Crippen molar-refractivity contribution in [2.24, 2.45) is 0 Å². The van der Waals surface area contributed by atoms with Crippen LogP contribution in [0.2, 0.25) is 0 Å². The van der Waals surface area contributed by atoms with E-state index in [0.717, 1.165) is 17.8 Å². The number of hydrogen-bond acceptors (Lipinski definition) is 2. The molecule has 0 aliphatic rings. The van der Waals surface area contributed by atoms with Gasteiger partial charge >= 0.3 is 0 Å². The number of benzene rings is 1. The van der Waals surface area contributed by atoms with Gasteiger partial charge in [0.1, 0.15) is 11.3 Å². The summed E-state index contributed by atoms with van der Waals surface area (Å²) in [6.45, 7) is 11.0. The molecule has 19 heavy (non-hydrogen) atoms. The van der Waals surface area contributed by atoms with Crippen molar-refractivity contribution in [1.82, 2.24) is 5.32 Å². The summed E-state index contributed by atoms with van der Waals surface area (Å²) in [5, 5.41) is 4.46.